The Morgan fingerprint density at radius 3 is 2.45 bits per heavy atom. The molecule has 0 fully saturated rings. The van der Waals surface area contributed by atoms with E-state index in [0.29, 0.717) is 0 Å². The minimum Gasteiger partial charge on any atom is -0.383 e. The molecule has 0 heterocycles. The second kappa shape index (κ2) is 5.47. The molecule has 0 radical (unpaired) electrons. The third kappa shape index (κ3) is 5.15. The van der Waals surface area contributed by atoms with Crippen molar-refractivity contribution in [1.82, 2.24) is 4.90 Å². The van der Waals surface area contributed by atoms with E-state index in [4.69, 9.17) is 0 Å². The average molecular weight is 150 g/mol. The van der Waals surface area contributed by atoms with Crippen molar-refractivity contribution >= 4 is 6.72 Å². The molecule has 0 bridgehead atoms. The van der Waals surface area contributed by atoms with Crippen LogP contribution >= 0.6 is 0 Å². The summed E-state index contributed by atoms with van der Waals surface area (Å²) in [6.45, 7) is 6.99. The number of aliphatic imine (C=N–C) groups is 1. The van der Waals surface area contributed by atoms with Gasteiger partial charge in [-0.1, -0.05) is 12.7 Å². The van der Waals surface area contributed by atoms with E-state index in [2.05, 4.69) is 18.3 Å². The average Bonchev–Trinajstić information content (AvgIpc) is 1.97. The molecule has 2 heteroatoms. The van der Waals surface area contributed by atoms with Crippen LogP contribution in [0, 0.1) is 0 Å². The Morgan fingerprint density at radius 2 is 2.09 bits per heavy atom. The first-order valence-corrected chi connectivity index (χ1v) is 3.33. The zero-order valence-corrected chi connectivity index (χ0v) is 7.12. The van der Waals surface area contributed by atoms with E-state index in [0.717, 1.165) is 5.57 Å². The zero-order valence-electron chi connectivity index (χ0n) is 7.12. The second-order valence-corrected chi connectivity index (χ2v) is 2.30. The van der Waals surface area contributed by atoms with E-state index >= 15 is 0 Å². The molecule has 2 nitrogen and oxygen atoms in total. The van der Waals surface area contributed by atoms with Crippen LogP contribution < -0.4 is 0 Å². The normalized spacial score (nSPS) is 11.6. The van der Waals surface area contributed by atoms with Crippen molar-refractivity contribution in [3.05, 3.63) is 36.7 Å². The highest BCUT2D eigenvalue weighted by Crippen LogP contribution is 1.97. The van der Waals surface area contributed by atoms with Crippen molar-refractivity contribution in [3.8, 4) is 0 Å². The standard InChI is InChI=1S/C9H14N2/c1-5-9(8-10-2)6-7-11(3)4/h5-8H,1-2H2,3-4H3/b7-6-,9-8-. The van der Waals surface area contributed by atoms with Gasteiger partial charge >= 0.3 is 0 Å². The van der Waals surface area contributed by atoms with E-state index in [-0.39, 0.29) is 0 Å². The van der Waals surface area contributed by atoms with Gasteiger partial charge in [-0.25, -0.2) is 0 Å². The lowest BCUT2D eigenvalue weighted by molar-refractivity contribution is 0.563. The summed E-state index contributed by atoms with van der Waals surface area (Å²) in [5, 5.41) is 0. The largest absolute Gasteiger partial charge is 0.383 e. The Labute approximate surface area is 68.2 Å². The molecule has 0 atom stereocenters. The fraction of sp³-hybridized carbons (Fsp3) is 0.222. The van der Waals surface area contributed by atoms with Crippen LogP contribution in [0.1, 0.15) is 0 Å². The summed E-state index contributed by atoms with van der Waals surface area (Å²) in [4.78, 5) is 5.58. The Morgan fingerprint density at radius 1 is 1.45 bits per heavy atom. The van der Waals surface area contributed by atoms with Gasteiger partial charge in [-0.05, 0) is 24.6 Å². The summed E-state index contributed by atoms with van der Waals surface area (Å²) in [6.07, 6.45) is 7.24. The first-order chi connectivity index (χ1) is 5.20. The van der Waals surface area contributed by atoms with Gasteiger partial charge in [0.15, 0.2) is 0 Å². The molecule has 0 aliphatic heterocycles. The molecule has 0 aliphatic carbocycles. The number of rotatable bonds is 4. The van der Waals surface area contributed by atoms with Gasteiger partial charge in [-0.3, -0.25) is 4.99 Å². The summed E-state index contributed by atoms with van der Waals surface area (Å²) in [5.74, 6) is 0. The summed E-state index contributed by atoms with van der Waals surface area (Å²) in [7, 11) is 3.91. The first kappa shape index (κ1) is 9.69. The molecule has 0 rings (SSSR count). The summed E-state index contributed by atoms with van der Waals surface area (Å²) in [5.41, 5.74) is 0.953. The number of hydrogen-bond donors (Lipinski definition) is 0. The van der Waals surface area contributed by atoms with Crippen molar-refractivity contribution < 1.29 is 0 Å². The van der Waals surface area contributed by atoms with Crippen LogP contribution in [0.15, 0.2) is 41.7 Å². The first-order valence-electron chi connectivity index (χ1n) is 3.33. The van der Waals surface area contributed by atoms with E-state index in [9.17, 15) is 0 Å². The third-order valence-electron chi connectivity index (χ3n) is 1.04. The molecule has 0 spiro atoms. The number of allylic oxidation sites excluding steroid dienone is 3. The van der Waals surface area contributed by atoms with E-state index < -0.39 is 0 Å². The van der Waals surface area contributed by atoms with Crippen molar-refractivity contribution in [3.63, 3.8) is 0 Å². The Kier molecular flexibility index (Phi) is 4.82. The van der Waals surface area contributed by atoms with Gasteiger partial charge in [0, 0.05) is 20.3 Å². The molecule has 0 aromatic heterocycles. The van der Waals surface area contributed by atoms with Gasteiger partial charge < -0.3 is 4.90 Å². The highest BCUT2D eigenvalue weighted by Gasteiger charge is 1.81. The molecular formula is C9H14N2. The Balaban J connectivity index is 4.18. The Hall–Kier alpha value is -1.31. The van der Waals surface area contributed by atoms with Crippen LogP contribution in [0.5, 0.6) is 0 Å². The second-order valence-electron chi connectivity index (χ2n) is 2.30. The lowest BCUT2D eigenvalue weighted by Crippen LogP contribution is -1.99. The predicted molar refractivity (Wildman–Crippen MR) is 50.7 cm³/mol. The van der Waals surface area contributed by atoms with Crippen molar-refractivity contribution in [2.24, 2.45) is 4.99 Å². The minimum absolute atomic E-state index is 0.953. The van der Waals surface area contributed by atoms with Crippen LogP contribution in [0.25, 0.3) is 0 Å². The fourth-order valence-electron chi connectivity index (χ4n) is 0.504. The van der Waals surface area contributed by atoms with Crippen LogP contribution in [0.4, 0.5) is 0 Å². The monoisotopic (exact) mass is 150 g/mol. The van der Waals surface area contributed by atoms with Crippen molar-refractivity contribution in [1.29, 1.82) is 0 Å². The topological polar surface area (TPSA) is 15.6 Å². The summed E-state index contributed by atoms with van der Waals surface area (Å²) >= 11 is 0. The molecule has 0 saturated carbocycles. The molecule has 0 aromatic rings. The predicted octanol–water partition coefficient (Wildman–Crippen LogP) is 1.83. The van der Waals surface area contributed by atoms with E-state index in [1.165, 1.54) is 0 Å². The van der Waals surface area contributed by atoms with Gasteiger partial charge in [-0.2, -0.15) is 0 Å². The van der Waals surface area contributed by atoms with Crippen molar-refractivity contribution in [2.75, 3.05) is 14.1 Å². The summed E-state index contributed by atoms with van der Waals surface area (Å²) in [6, 6.07) is 0. The zero-order chi connectivity index (χ0) is 8.69. The quantitative estimate of drug-likeness (QED) is 0.441. The number of nitrogens with zero attached hydrogens (tertiary/aromatic N) is 2. The van der Waals surface area contributed by atoms with Crippen LogP contribution in [0.2, 0.25) is 0 Å². The SMILES string of the molecule is C=CC(/C=C\N(C)C)=C/N=C. The molecular weight excluding hydrogens is 136 g/mol. The van der Waals surface area contributed by atoms with Crippen molar-refractivity contribution in [2.45, 2.75) is 0 Å². The molecule has 11 heavy (non-hydrogen) atoms. The highest BCUT2D eigenvalue weighted by molar-refractivity contribution is 5.33. The summed E-state index contributed by atoms with van der Waals surface area (Å²) < 4.78 is 0. The molecule has 0 unspecified atom stereocenters. The molecule has 0 saturated heterocycles. The lowest BCUT2D eigenvalue weighted by atomic mass is 10.3. The lowest BCUT2D eigenvalue weighted by Gasteiger charge is -2.02. The number of hydrogen-bond acceptors (Lipinski definition) is 2. The van der Waals surface area contributed by atoms with Crippen LogP contribution in [-0.4, -0.2) is 25.7 Å². The molecule has 0 aliphatic rings. The highest BCUT2D eigenvalue weighted by atomic mass is 15.0. The maximum absolute atomic E-state index is 3.63. The maximum atomic E-state index is 3.63. The minimum atomic E-state index is 0.953. The van der Waals surface area contributed by atoms with Gasteiger partial charge in [-0.15, -0.1) is 0 Å². The molecule has 0 amide bonds. The maximum Gasteiger partial charge on any atom is 0.0333 e. The third-order valence-corrected chi connectivity index (χ3v) is 1.04. The van der Waals surface area contributed by atoms with E-state index in [1.807, 2.05) is 31.3 Å². The van der Waals surface area contributed by atoms with Gasteiger partial charge in [0.05, 0.1) is 0 Å². The van der Waals surface area contributed by atoms with Crippen LogP contribution in [0.3, 0.4) is 0 Å². The van der Waals surface area contributed by atoms with Crippen LogP contribution in [-0.2, 0) is 0 Å². The molecule has 0 aromatic carbocycles. The van der Waals surface area contributed by atoms with Gasteiger partial charge in [0.25, 0.3) is 0 Å². The molecule has 0 N–H and O–H groups in total. The van der Waals surface area contributed by atoms with E-state index in [1.54, 1.807) is 12.3 Å². The fourth-order valence-corrected chi connectivity index (χ4v) is 0.504. The van der Waals surface area contributed by atoms with Gasteiger partial charge in [0.1, 0.15) is 0 Å². The smallest absolute Gasteiger partial charge is 0.0333 e. The molecule has 60 valence electrons. The van der Waals surface area contributed by atoms with Gasteiger partial charge in [0.2, 0.25) is 0 Å². The Bertz CT molecular complexity index is 188.